The average molecular weight is 249 g/mol. The number of rotatable bonds is 4. The molecule has 1 unspecified atom stereocenters. The molecule has 2 aromatic rings. The maximum atomic E-state index is 5.83. The van der Waals surface area contributed by atoms with Crippen LogP contribution in [0.1, 0.15) is 24.4 Å². The Morgan fingerprint density at radius 2 is 2.06 bits per heavy atom. The highest BCUT2D eigenvalue weighted by Gasteiger charge is 2.15. The SMILES string of the molecule is CCNC(c1ccc(Cl)cn1)c1cnccn1. The molecule has 17 heavy (non-hydrogen) atoms. The van der Waals surface area contributed by atoms with Crippen LogP contribution in [0.5, 0.6) is 0 Å². The number of pyridine rings is 1. The van der Waals surface area contributed by atoms with Crippen molar-refractivity contribution in [3.8, 4) is 0 Å². The molecule has 0 saturated carbocycles. The highest BCUT2D eigenvalue weighted by atomic mass is 35.5. The summed E-state index contributed by atoms with van der Waals surface area (Å²) >= 11 is 5.83. The Balaban J connectivity index is 2.32. The van der Waals surface area contributed by atoms with E-state index in [-0.39, 0.29) is 6.04 Å². The fourth-order valence-corrected chi connectivity index (χ4v) is 1.69. The van der Waals surface area contributed by atoms with Gasteiger partial charge < -0.3 is 5.32 Å². The van der Waals surface area contributed by atoms with E-state index in [9.17, 15) is 0 Å². The van der Waals surface area contributed by atoms with E-state index in [1.54, 1.807) is 24.8 Å². The molecule has 0 aromatic carbocycles. The summed E-state index contributed by atoms with van der Waals surface area (Å²) in [5, 5.41) is 3.95. The third-order valence-corrected chi connectivity index (χ3v) is 2.56. The molecule has 2 aromatic heterocycles. The summed E-state index contributed by atoms with van der Waals surface area (Å²) in [7, 11) is 0. The van der Waals surface area contributed by atoms with Crippen molar-refractivity contribution >= 4 is 11.6 Å². The smallest absolute Gasteiger partial charge is 0.0940 e. The van der Waals surface area contributed by atoms with Gasteiger partial charge in [-0.25, -0.2) is 0 Å². The van der Waals surface area contributed by atoms with E-state index in [0.717, 1.165) is 17.9 Å². The molecule has 2 rings (SSSR count). The fourth-order valence-electron chi connectivity index (χ4n) is 1.58. The third kappa shape index (κ3) is 2.99. The molecule has 0 bridgehead atoms. The predicted octanol–water partition coefficient (Wildman–Crippen LogP) is 2.22. The van der Waals surface area contributed by atoms with E-state index in [1.807, 2.05) is 19.1 Å². The molecule has 2 heterocycles. The molecule has 5 heteroatoms. The van der Waals surface area contributed by atoms with Gasteiger partial charge in [0.05, 0.1) is 28.6 Å². The van der Waals surface area contributed by atoms with Gasteiger partial charge in [-0.15, -0.1) is 0 Å². The number of nitrogens with one attached hydrogen (secondary N) is 1. The molecular weight excluding hydrogens is 236 g/mol. The summed E-state index contributed by atoms with van der Waals surface area (Å²) in [4.78, 5) is 12.7. The van der Waals surface area contributed by atoms with E-state index in [2.05, 4.69) is 20.3 Å². The first kappa shape index (κ1) is 12.0. The lowest BCUT2D eigenvalue weighted by Crippen LogP contribution is -2.23. The normalized spacial score (nSPS) is 12.4. The summed E-state index contributed by atoms with van der Waals surface area (Å²) in [6.45, 7) is 2.87. The van der Waals surface area contributed by atoms with E-state index < -0.39 is 0 Å². The first-order valence-electron chi connectivity index (χ1n) is 5.42. The predicted molar refractivity (Wildman–Crippen MR) is 66.8 cm³/mol. The standard InChI is InChI=1S/C12H13ClN4/c1-2-15-12(11-8-14-5-6-16-11)10-4-3-9(13)7-17-10/h3-8,12,15H,2H2,1H3. The monoisotopic (exact) mass is 248 g/mol. The van der Waals surface area contributed by atoms with Crippen LogP contribution in [0, 0.1) is 0 Å². The molecule has 0 aliphatic heterocycles. The quantitative estimate of drug-likeness (QED) is 0.902. The van der Waals surface area contributed by atoms with Gasteiger partial charge in [-0.3, -0.25) is 15.0 Å². The van der Waals surface area contributed by atoms with E-state index in [1.165, 1.54) is 0 Å². The number of nitrogens with zero attached hydrogens (tertiary/aromatic N) is 3. The van der Waals surface area contributed by atoms with Crippen LogP contribution in [0.2, 0.25) is 5.02 Å². The number of hydrogen-bond acceptors (Lipinski definition) is 4. The van der Waals surface area contributed by atoms with Crippen LogP contribution in [0.25, 0.3) is 0 Å². The van der Waals surface area contributed by atoms with Gasteiger partial charge in [0.1, 0.15) is 0 Å². The highest BCUT2D eigenvalue weighted by Crippen LogP contribution is 2.18. The van der Waals surface area contributed by atoms with Crippen molar-refractivity contribution in [1.29, 1.82) is 0 Å². The second-order valence-electron chi connectivity index (χ2n) is 3.52. The van der Waals surface area contributed by atoms with Gasteiger partial charge in [0.25, 0.3) is 0 Å². The lowest BCUT2D eigenvalue weighted by atomic mass is 10.1. The number of aromatic nitrogens is 3. The molecule has 0 spiro atoms. The van der Waals surface area contributed by atoms with Crippen LogP contribution in [0.3, 0.4) is 0 Å². The summed E-state index contributed by atoms with van der Waals surface area (Å²) in [6, 6.07) is 3.67. The fraction of sp³-hybridized carbons (Fsp3) is 0.250. The van der Waals surface area contributed by atoms with Gasteiger partial charge in [0.15, 0.2) is 0 Å². The summed E-state index contributed by atoms with van der Waals surface area (Å²) < 4.78 is 0. The molecule has 0 aliphatic carbocycles. The molecule has 0 amide bonds. The van der Waals surface area contributed by atoms with Gasteiger partial charge in [-0.05, 0) is 18.7 Å². The van der Waals surface area contributed by atoms with E-state index >= 15 is 0 Å². The van der Waals surface area contributed by atoms with Crippen molar-refractivity contribution in [2.45, 2.75) is 13.0 Å². The van der Waals surface area contributed by atoms with Crippen molar-refractivity contribution in [3.05, 3.63) is 53.3 Å². The molecule has 1 N–H and O–H groups in total. The summed E-state index contributed by atoms with van der Waals surface area (Å²) in [5.41, 5.74) is 1.74. The van der Waals surface area contributed by atoms with Crippen LogP contribution < -0.4 is 5.32 Å². The van der Waals surface area contributed by atoms with Crippen LogP contribution >= 0.6 is 11.6 Å². The van der Waals surface area contributed by atoms with Gasteiger partial charge in [-0.2, -0.15) is 0 Å². The van der Waals surface area contributed by atoms with Crippen molar-refractivity contribution in [1.82, 2.24) is 20.3 Å². The highest BCUT2D eigenvalue weighted by molar-refractivity contribution is 6.30. The second kappa shape index (κ2) is 5.70. The van der Waals surface area contributed by atoms with E-state index in [0.29, 0.717) is 5.02 Å². The molecule has 0 aliphatic rings. The minimum absolute atomic E-state index is 0.0500. The third-order valence-electron chi connectivity index (χ3n) is 2.33. The maximum Gasteiger partial charge on any atom is 0.0940 e. The molecule has 0 saturated heterocycles. The van der Waals surface area contributed by atoms with Gasteiger partial charge >= 0.3 is 0 Å². The summed E-state index contributed by atoms with van der Waals surface area (Å²) in [6.07, 6.45) is 6.71. The summed E-state index contributed by atoms with van der Waals surface area (Å²) in [5.74, 6) is 0. The molecule has 1 atom stereocenters. The van der Waals surface area contributed by atoms with Crippen LogP contribution in [-0.2, 0) is 0 Å². The second-order valence-corrected chi connectivity index (χ2v) is 3.96. The molecule has 0 radical (unpaired) electrons. The van der Waals surface area contributed by atoms with Crippen molar-refractivity contribution in [2.75, 3.05) is 6.54 Å². The Morgan fingerprint density at radius 1 is 1.18 bits per heavy atom. The first-order chi connectivity index (χ1) is 8.31. The van der Waals surface area contributed by atoms with Gasteiger partial charge in [0.2, 0.25) is 0 Å². The van der Waals surface area contributed by atoms with Crippen LogP contribution in [0.4, 0.5) is 0 Å². The zero-order valence-electron chi connectivity index (χ0n) is 9.47. The zero-order valence-corrected chi connectivity index (χ0v) is 10.2. The van der Waals surface area contributed by atoms with Crippen molar-refractivity contribution in [3.63, 3.8) is 0 Å². The van der Waals surface area contributed by atoms with Crippen molar-refractivity contribution in [2.24, 2.45) is 0 Å². The zero-order chi connectivity index (χ0) is 12.1. The number of halogens is 1. The van der Waals surface area contributed by atoms with E-state index in [4.69, 9.17) is 11.6 Å². The minimum Gasteiger partial charge on any atom is -0.304 e. The Kier molecular flexibility index (Phi) is 4.01. The molecule has 0 fully saturated rings. The minimum atomic E-state index is -0.0500. The first-order valence-corrected chi connectivity index (χ1v) is 5.80. The lowest BCUT2D eigenvalue weighted by molar-refractivity contribution is 0.598. The Hall–Kier alpha value is -1.52. The Bertz CT molecular complexity index is 458. The van der Waals surface area contributed by atoms with Crippen LogP contribution in [-0.4, -0.2) is 21.5 Å². The number of hydrogen-bond donors (Lipinski definition) is 1. The van der Waals surface area contributed by atoms with Gasteiger partial charge in [0, 0.05) is 18.6 Å². The Labute approximate surface area is 105 Å². The molecular formula is C12H13ClN4. The lowest BCUT2D eigenvalue weighted by Gasteiger charge is -2.16. The molecule has 88 valence electrons. The topological polar surface area (TPSA) is 50.7 Å². The largest absolute Gasteiger partial charge is 0.304 e. The van der Waals surface area contributed by atoms with Crippen LogP contribution in [0.15, 0.2) is 36.9 Å². The maximum absolute atomic E-state index is 5.83. The Morgan fingerprint density at radius 3 is 2.65 bits per heavy atom. The van der Waals surface area contributed by atoms with Crippen molar-refractivity contribution < 1.29 is 0 Å². The van der Waals surface area contributed by atoms with Gasteiger partial charge in [-0.1, -0.05) is 18.5 Å². The average Bonchev–Trinajstić information content (AvgIpc) is 2.38. The molecule has 4 nitrogen and oxygen atoms in total.